The van der Waals surface area contributed by atoms with E-state index in [9.17, 15) is 9.90 Å². The summed E-state index contributed by atoms with van der Waals surface area (Å²) in [5.74, 6) is 0.603. The Morgan fingerprint density at radius 2 is 1.48 bits per heavy atom. The fourth-order valence-electron chi connectivity index (χ4n) is 2.49. The zero-order valence-corrected chi connectivity index (χ0v) is 14.7. The number of hydrogen-bond acceptors (Lipinski definition) is 3. The quantitative estimate of drug-likeness (QED) is 0.589. The highest BCUT2D eigenvalue weighted by molar-refractivity contribution is 6.00. The number of rotatable bonds is 7. The van der Waals surface area contributed by atoms with Crippen LogP contribution in [0.1, 0.15) is 24.5 Å². The molecule has 0 aliphatic carbocycles. The van der Waals surface area contributed by atoms with Crippen molar-refractivity contribution in [2.45, 2.75) is 13.3 Å². The molecule has 0 bridgehead atoms. The maximum absolute atomic E-state index is 11.6. The number of aliphatic carboxylic acids is 1. The van der Waals surface area contributed by atoms with Crippen LogP contribution < -0.4 is 9.47 Å². The SMILES string of the molecule is CCC(C(=O)O)=C(C=Cc1ccc(OC)cc1)c1ccc(OC)cc1. The second-order valence-corrected chi connectivity index (χ2v) is 5.39. The monoisotopic (exact) mass is 338 g/mol. The van der Waals surface area contributed by atoms with Crippen molar-refractivity contribution in [3.8, 4) is 11.5 Å². The summed E-state index contributed by atoms with van der Waals surface area (Å²) >= 11 is 0. The van der Waals surface area contributed by atoms with Crippen LogP contribution in [-0.4, -0.2) is 25.3 Å². The molecule has 0 aromatic heterocycles. The molecule has 1 N–H and O–H groups in total. The van der Waals surface area contributed by atoms with Gasteiger partial charge in [0.05, 0.1) is 14.2 Å². The number of carboxylic acids is 1. The van der Waals surface area contributed by atoms with Gasteiger partial charge in [-0.3, -0.25) is 0 Å². The van der Waals surface area contributed by atoms with Crippen LogP contribution in [0.15, 0.2) is 60.2 Å². The van der Waals surface area contributed by atoms with Gasteiger partial charge in [-0.15, -0.1) is 0 Å². The average molecular weight is 338 g/mol. The average Bonchev–Trinajstić information content (AvgIpc) is 2.65. The third-order valence-corrected chi connectivity index (χ3v) is 3.90. The van der Waals surface area contributed by atoms with Gasteiger partial charge >= 0.3 is 5.97 Å². The van der Waals surface area contributed by atoms with Crippen molar-refractivity contribution >= 4 is 17.6 Å². The number of carboxylic acid groups (broad SMARTS) is 1. The Labute approximate surface area is 148 Å². The van der Waals surface area contributed by atoms with Crippen molar-refractivity contribution in [1.29, 1.82) is 0 Å². The Morgan fingerprint density at radius 1 is 0.960 bits per heavy atom. The predicted molar refractivity (Wildman–Crippen MR) is 99.9 cm³/mol. The molecule has 0 saturated heterocycles. The van der Waals surface area contributed by atoms with Gasteiger partial charge in [0.1, 0.15) is 11.5 Å². The van der Waals surface area contributed by atoms with Crippen molar-refractivity contribution in [3.63, 3.8) is 0 Å². The molecule has 0 unspecified atom stereocenters. The Bertz CT molecular complexity index is 769. The van der Waals surface area contributed by atoms with E-state index in [0.717, 1.165) is 22.6 Å². The number of methoxy groups -OCH3 is 2. The normalized spacial score (nSPS) is 12.0. The fraction of sp³-hybridized carbons (Fsp3) is 0.190. The first-order chi connectivity index (χ1) is 12.1. The Balaban J connectivity index is 2.43. The lowest BCUT2D eigenvalue weighted by molar-refractivity contribution is -0.132. The van der Waals surface area contributed by atoms with Crippen molar-refractivity contribution in [2.24, 2.45) is 0 Å². The van der Waals surface area contributed by atoms with Gasteiger partial charge in [0, 0.05) is 5.57 Å². The van der Waals surface area contributed by atoms with Gasteiger partial charge in [-0.2, -0.15) is 0 Å². The van der Waals surface area contributed by atoms with E-state index in [1.807, 2.05) is 67.6 Å². The van der Waals surface area contributed by atoms with Crippen LogP contribution in [0.4, 0.5) is 0 Å². The van der Waals surface area contributed by atoms with Gasteiger partial charge in [-0.1, -0.05) is 43.3 Å². The molecule has 0 heterocycles. The lowest BCUT2D eigenvalue weighted by atomic mass is 9.97. The summed E-state index contributed by atoms with van der Waals surface area (Å²) in [6, 6.07) is 15.0. The van der Waals surface area contributed by atoms with Crippen LogP contribution in [0, 0.1) is 0 Å². The summed E-state index contributed by atoms with van der Waals surface area (Å²) in [6.07, 6.45) is 4.18. The second kappa shape index (κ2) is 8.73. The molecule has 0 aliphatic heterocycles. The number of ether oxygens (including phenoxy) is 2. The third kappa shape index (κ3) is 4.73. The van der Waals surface area contributed by atoms with Gasteiger partial charge in [0.25, 0.3) is 0 Å². The standard InChI is InChI=1S/C21H22O4/c1-4-19(21(22)23)20(16-8-12-18(25-3)13-9-16)14-7-15-5-10-17(24-2)11-6-15/h5-14H,4H2,1-3H3,(H,22,23). The number of carbonyl (C=O) groups is 1. The summed E-state index contributed by atoms with van der Waals surface area (Å²) in [5, 5.41) is 9.54. The third-order valence-electron chi connectivity index (χ3n) is 3.90. The van der Waals surface area contributed by atoms with Crippen LogP contribution in [0.2, 0.25) is 0 Å². The number of hydrogen-bond donors (Lipinski definition) is 1. The minimum absolute atomic E-state index is 0.370. The van der Waals surface area contributed by atoms with Crippen molar-refractivity contribution in [3.05, 3.63) is 71.3 Å². The highest BCUT2D eigenvalue weighted by Crippen LogP contribution is 2.26. The molecule has 0 fully saturated rings. The topological polar surface area (TPSA) is 55.8 Å². The van der Waals surface area contributed by atoms with Crippen molar-refractivity contribution in [1.82, 2.24) is 0 Å². The first kappa shape index (κ1) is 18.3. The lowest BCUT2D eigenvalue weighted by Crippen LogP contribution is -2.02. The van der Waals surface area contributed by atoms with Crippen LogP contribution in [0.25, 0.3) is 11.6 Å². The van der Waals surface area contributed by atoms with Gasteiger partial charge in [-0.05, 0) is 47.4 Å². The molecular formula is C21H22O4. The molecule has 0 atom stereocenters. The van der Waals surface area contributed by atoms with Gasteiger partial charge in [-0.25, -0.2) is 4.79 Å². The van der Waals surface area contributed by atoms with Crippen molar-refractivity contribution < 1.29 is 19.4 Å². The van der Waals surface area contributed by atoms with Gasteiger partial charge < -0.3 is 14.6 Å². The van der Waals surface area contributed by atoms with Crippen LogP contribution >= 0.6 is 0 Å². The van der Waals surface area contributed by atoms with Crippen molar-refractivity contribution in [2.75, 3.05) is 14.2 Å². The van der Waals surface area contributed by atoms with Crippen LogP contribution in [0.3, 0.4) is 0 Å². The van der Waals surface area contributed by atoms with E-state index < -0.39 is 5.97 Å². The highest BCUT2D eigenvalue weighted by atomic mass is 16.5. The summed E-state index contributed by atoms with van der Waals surface area (Å²) in [7, 11) is 3.22. The van der Waals surface area contributed by atoms with E-state index in [2.05, 4.69) is 0 Å². The van der Waals surface area contributed by atoms with Gasteiger partial charge in [0.2, 0.25) is 0 Å². The first-order valence-corrected chi connectivity index (χ1v) is 8.02. The van der Waals surface area contributed by atoms with E-state index >= 15 is 0 Å². The van der Waals surface area contributed by atoms with E-state index in [1.54, 1.807) is 14.2 Å². The number of benzene rings is 2. The zero-order chi connectivity index (χ0) is 18.2. The molecule has 0 saturated carbocycles. The molecule has 0 spiro atoms. The summed E-state index contributed by atoms with van der Waals surface area (Å²) in [4.78, 5) is 11.6. The van der Waals surface area contributed by atoms with Crippen LogP contribution in [0.5, 0.6) is 11.5 Å². The molecule has 2 rings (SSSR count). The second-order valence-electron chi connectivity index (χ2n) is 5.39. The maximum Gasteiger partial charge on any atom is 0.332 e. The maximum atomic E-state index is 11.6. The molecule has 130 valence electrons. The molecular weight excluding hydrogens is 316 g/mol. The predicted octanol–water partition coefficient (Wildman–Crippen LogP) is 4.67. The van der Waals surface area contributed by atoms with E-state index in [1.165, 1.54) is 0 Å². The molecule has 0 radical (unpaired) electrons. The largest absolute Gasteiger partial charge is 0.497 e. The summed E-state index contributed by atoms with van der Waals surface area (Å²) < 4.78 is 10.3. The molecule has 0 amide bonds. The Kier molecular flexibility index (Phi) is 6.40. The molecule has 2 aromatic carbocycles. The number of allylic oxidation sites excluding steroid dienone is 2. The Hall–Kier alpha value is -3.01. The van der Waals surface area contributed by atoms with E-state index in [-0.39, 0.29) is 0 Å². The molecule has 25 heavy (non-hydrogen) atoms. The molecule has 4 heteroatoms. The van der Waals surface area contributed by atoms with E-state index in [4.69, 9.17) is 9.47 Å². The minimum Gasteiger partial charge on any atom is -0.497 e. The fourth-order valence-corrected chi connectivity index (χ4v) is 2.49. The lowest BCUT2D eigenvalue weighted by Gasteiger charge is -2.09. The summed E-state index contributed by atoms with van der Waals surface area (Å²) in [5.41, 5.74) is 2.86. The smallest absolute Gasteiger partial charge is 0.332 e. The van der Waals surface area contributed by atoms with Crippen LogP contribution in [-0.2, 0) is 4.79 Å². The summed E-state index contributed by atoms with van der Waals surface area (Å²) in [6.45, 7) is 1.84. The zero-order valence-electron chi connectivity index (χ0n) is 14.7. The molecule has 0 aliphatic rings. The molecule has 4 nitrogen and oxygen atoms in total. The molecule has 2 aromatic rings. The first-order valence-electron chi connectivity index (χ1n) is 8.02. The minimum atomic E-state index is -0.910. The van der Waals surface area contributed by atoms with E-state index in [0.29, 0.717) is 17.6 Å². The van der Waals surface area contributed by atoms with Gasteiger partial charge in [0.15, 0.2) is 0 Å². The highest BCUT2D eigenvalue weighted by Gasteiger charge is 2.12. The Morgan fingerprint density at radius 3 is 1.92 bits per heavy atom.